The number of carbonyl (C=O) groups excluding carboxylic acids is 1. The van der Waals surface area contributed by atoms with Crippen molar-refractivity contribution in [2.45, 2.75) is 39.7 Å². The minimum Gasteiger partial charge on any atom is -0.366 e. The molecule has 0 aliphatic rings. The monoisotopic (exact) mass is 359 g/mol. The summed E-state index contributed by atoms with van der Waals surface area (Å²) in [5.41, 5.74) is 8.97. The molecular weight excluding hydrogens is 338 g/mol. The second-order valence-electron chi connectivity index (χ2n) is 5.75. The van der Waals surface area contributed by atoms with Crippen molar-refractivity contribution >= 4 is 28.6 Å². The minimum absolute atomic E-state index is 0.333. The molecule has 0 unspecified atom stereocenters. The predicted molar refractivity (Wildman–Crippen MR) is 102 cm³/mol. The van der Waals surface area contributed by atoms with Crippen LogP contribution < -0.4 is 5.73 Å². The van der Waals surface area contributed by atoms with Crippen LogP contribution in [0.3, 0.4) is 0 Å². The zero-order valence-electron chi connectivity index (χ0n) is 14.1. The Morgan fingerprint density at radius 1 is 1.33 bits per heavy atom. The van der Waals surface area contributed by atoms with Crippen LogP contribution in [0, 0.1) is 6.92 Å². The van der Waals surface area contributed by atoms with Crippen LogP contribution in [0.2, 0.25) is 0 Å². The normalized spacial score (nSPS) is 11.3. The van der Waals surface area contributed by atoms with Crippen molar-refractivity contribution in [3.63, 3.8) is 0 Å². The van der Waals surface area contributed by atoms with Crippen molar-refractivity contribution in [3.05, 3.63) is 40.2 Å². The Morgan fingerprint density at radius 2 is 2.08 bits per heavy atom. The molecule has 0 fully saturated rings. The topological polar surface area (TPSA) is 60.9 Å². The summed E-state index contributed by atoms with van der Waals surface area (Å²) in [6, 6.07) is 6.33. The van der Waals surface area contributed by atoms with Gasteiger partial charge >= 0.3 is 0 Å². The quantitative estimate of drug-likeness (QED) is 0.665. The van der Waals surface area contributed by atoms with Gasteiger partial charge in [0.2, 0.25) is 0 Å². The molecule has 0 aliphatic carbocycles. The molecule has 3 heterocycles. The van der Waals surface area contributed by atoms with Crippen LogP contribution in [0.15, 0.2) is 29.0 Å². The lowest BCUT2D eigenvalue weighted by Gasteiger charge is -2.20. The number of nitrogens with two attached hydrogens (primary N) is 1. The fraction of sp³-hybridized carbons (Fsp3) is 0.333. The minimum atomic E-state index is -0.382. The lowest BCUT2D eigenvalue weighted by Crippen LogP contribution is -2.14. The third kappa shape index (κ3) is 2.91. The summed E-state index contributed by atoms with van der Waals surface area (Å²) >= 11 is 3.32. The van der Waals surface area contributed by atoms with E-state index in [4.69, 9.17) is 10.7 Å². The lowest BCUT2D eigenvalue weighted by atomic mass is 10.1. The van der Waals surface area contributed by atoms with E-state index in [1.807, 2.05) is 19.1 Å². The second kappa shape index (κ2) is 6.91. The Kier molecular flexibility index (Phi) is 4.87. The lowest BCUT2D eigenvalue weighted by molar-refractivity contribution is 0.0999. The summed E-state index contributed by atoms with van der Waals surface area (Å²) < 4.78 is 2.23. The highest BCUT2D eigenvalue weighted by atomic mass is 32.1. The molecule has 24 heavy (non-hydrogen) atoms. The SMILES string of the molecule is CCC(CC)n1c(-c2csc(-c3cccs3)n2)cc(C(N)=O)c1C. The molecule has 0 aromatic carbocycles. The highest BCUT2D eigenvalue weighted by Crippen LogP contribution is 2.35. The van der Waals surface area contributed by atoms with Crippen LogP contribution in [0.25, 0.3) is 21.3 Å². The molecular formula is C18H21N3OS2. The number of carbonyl (C=O) groups is 1. The maximum absolute atomic E-state index is 11.8. The Balaban J connectivity index is 2.13. The average molecular weight is 360 g/mol. The molecule has 0 spiro atoms. The van der Waals surface area contributed by atoms with Crippen molar-refractivity contribution in [1.29, 1.82) is 0 Å². The van der Waals surface area contributed by atoms with Crippen LogP contribution in [0.5, 0.6) is 0 Å². The fourth-order valence-electron chi connectivity index (χ4n) is 3.10. The molecule has 3 rings (SSSR count). The van der Waals surface area contributed by atoms with Crippen molar-refractivity contribution in [3.8, 4) is 21.3 Å². The molecule has 6 heteroatoms. The molecule has 0 bridgehead atoms. The molecule has 2 N–H and O–H groups in total. The molecule has 1 amide bonds. The summed E-state index contributed by atoms with van der Waals surface area (Å²) in [5.74, 6) is -0.382. The van der Waals surface area contributed by atoms with Gasteiger partial charge < -0.3 is 10.3 Å². The van der Waals surface area contributed by atoms with E-state index in [-0.39, 0.29) is 5.91 Å². The Bertz CT molecular complexity index is 842. The van der Waals surface area contributed by atoms with Gasteiger partial charge in [-0.25, -0.2) is 4.98 Å². The van der Waals surface area contributed by atoms with Crippen molar-refractivity contribution < 1.29 is 4.79 Å². The molecule has 0 radical (unpaired) electrons. The summed E-state index contributed by atoms with van der Waals surface area (Å²) in [5, 5.41) is 5.13. The average Bonchev–Trinajstić information content (AvgIpc) is 3.27. The number of hydrogen-bond acceptors (Lipinski definition) is 4. The van der Waals surface area contributed by atoms with E-state index in [1.165, 1.54) is 4.88 Å². The van der Waals surface area contributed by atoms with Crippen LogP contribution in [0.1, 0.15) is 48.8 Å². The standard InChI is InChI=1S/C18H21N3OS2/c1-4-12(5-2)21-11(3)13(17(19)22)9-15(21)14-10-24-18(20-14)16-7-6-8-23-16/h6-10,12H,4-5H2,1-3H3,(H2,19,22). The highest BCUT2D eigenvalue weighted by molar-refractivity contribution is 7.20. The fourth-order valence-corrected chi connectivity index (χ4v) is 4.73. The molecule has 0 aliphatic heterocycles. The Labute approximate surface area is 150 Å². The molecule has 4 nitrogen and oxygen atoms in total. The third-order valence-electron chi connectivity index (χ3n) is 4.36. The van der Waals surface area contributed by atoms with E-state index in [0.717, 1.165) is 34.9 Å². The van der Waals surface area contributed by atoms with Crippen LogP contribution in [-0.4, -0.2) is 15.5 Å². The van der Waals surface area contributed by atoms with Crippen LogP contribution in [0.4, 0.5) is 0 Å². The van der Waals surface area contributed by atoms with Gasteiger partial charge in [-0.1, -0.05) is 19.9 Å². The Morgan fingerprint density at radius 3 is 2.67 bits per heavy atom. The van der Waals surface area contributed by atoms with Gasteiger partial charge in [0.05, 0.1) is 21.8 Å². The first-order chi connectivity index (χ1) is 11.6. The van der Waals surface area contributed by atoms with E-state index in [0.29, 0.717) is 11.6 Å². The van der Waals surface area contributed by atoms with E-state index in [9.17, 15) is 4.79 Å². The van der Waals surface area contributed by atoms with E-state index in [2.05, 4.69) is 35.2 Å². The second-order valence-corrected chi connectivity index (χ2v) is 7.55. The van der Waals surface area contributed by atoms with Gasteiger partial charge in [-0.2, -0.15) is 0 Å². The smallest absolute Gasteiger partial charge is 0.250 e. The molecule has 126 valence electrons. The van der Waals surface area contributed by atoms with Gasteiger partial charge in [-0.15, -0.1) is 22.7 Å². The molecule has 0 saturated carbocycles. The van der Waals surface area contributed by atoms with Crippen LogP contribution >= 0.6 is 22.7 Å². The van der Waals surface area contributed by atoms with Gasteiger partial charge in [-0.05, 0) is 37.3 Å². The summed E-state index contributed by atoms with van der Waals surface area (Å²) in [6.07, 6.45) is 2.00. The van der Waals surface area contributed by atoms with Crippen molar-refractivity contribution in [2.24, 2.45) is 5.73 Å². The number of amides is 1. The number of nitrogens with zero attached hydrogens (tertiary/aromatic N) is 2. The number of rotatable bonds is 6. The summed E-state index contributed by atoms with van der Waals surface area (Å²) in [6.45, 7) is 6.30. The number of thiazole rings is 1. The number of thiophene rings is 1. The maximum Gasteiger partial charge on any atom is 0.250 e. The number of aromatic nitrogens is 2. The Hall–Kier alpha value is -1.92. The zero-order chi connectivity index (χ0) is 17.3. The van der Waals surface area contributed by atoms with Crippen LogP contribution in [-0.2, 0) is 0 Å². The third-order valence-corrected chi connectivity index (χ3v) is 6.24. The highest BCUT2D eigenvalue weighted by Gasteiger charge is 2.22. The largest absolute Gasteiger partial charge is 0.366 e. The predicted octanol–water partition coefficient (Wildman–Crippen LogP) is 5.11. The zero-order valence-corrected chi connectivity index (χ0v) is 15.7. The van der Waals surface area contributed by atoms with Gasteiger partial charge in [0, 0.05) is 17.1 Å². The molecule has 0 atom stereocenters. The molecule has 0 saturated heterocycles. The maximum atomic E-state index is 11.8. The first-order valence-corrected chi connectivity index (χ1v) is 9.84. The first kappa shape index (κ1) is 16.9. The van der Waals surface area contributed by atoms with Crippen molar-refractivity contribution in [2.75, 3.05) is 0 Å². The van der Waals surface area contributed by atoms with Gasteiger partial charge in [0.25, 0.3) is 5.91 Å². The summed E-state index contributed by atoms with van der Waals surface area (Å²) in [7, 11) is 0. The van der Waals surface area contributed by atoms with Gasteiger partial charge in [0.1, 0.15) is 5.01 Å². The number of primary amides is 1. The summed E-state index contributed by atoms with van der Waals surface area (Å²) in [4.78, 5) is 17.8. The van der Waals surface area contributed by atoms with E-state index in [1.54, 1.807) is 22.7 Å². The van der Waals surface area contributed by atoms with E-state index < -0.39 is 0 Å². The van der Waals surface area contributed by atoms with Gasteiger partial charge in [-0.3, -0.25) is 4.79 Å². The molecule has 3 aromatic rings. The first-order valence-electron chi connectivity index (χ1n) is 8.08. The van der Waals surface area contributed by atoms with Crippen molar-refractivity contribution in [1.82, 2.24) is 9.55 Å². The van der Waals surface area contributed by atoms with Gasteiger partial charge in [0.15, 0.2) is 0 Å². The number of hydrogen-bond donors (Lipinski definition) is 1. The van der Waals surface area contributed by atoms with E-state index >= 15 is 0 Å². The molecule has 3 aromatic heterocycles.